The van der Waals surface area contributed by atoms with Crippen LogP contribution in [0, 0.1) is 19.8 Å². The van der Waals surface area contributed by atoms with E-state index < -0.39 is 0 Å². The molecule has 126 valence electrons. The van der Waals surface area contributed by atoms with Crippen LogP contribution in [0.15, 0.2) is 30.2 Å². The fourth-order valence-electron chi connectivity index (χ4n) is 3.71. The second-order valence-electron chi connectivity index (χ2n) is 6.92. The van der Waals surface area contributed by atoms with E-state index in [2.05, 4.69) is 33.7 Å². The number of amides is 1. The van der Waals surface area contributed by atoms with Crippen molar-refractivity contribution < 1.29 is 4.79 Å². The van der Waals surface area contributed by atoms with Crippen molar-refractivity contribution in [3.05, 3.63) is 52.8 Å². The predicted molar refractivity (Wildman–Crippen MR) is 91.1 cm³/mol. The summed E-state index contributed by atoms with van der Waals surface area (Å²) in [5.41, 5.74) is 11.7. The number of nitrogens with zero attached hydrogens (tertiary/aromatic N) is 3. The first-order valence-corrected chi connectivity index (χ1v) is 8.46. The van der Waals surface area contributed by atoms with Crippen LogP contribution >= 0.6 is 0 Å². The number of likely N-dealkylation sites (tertiary alicyclic amines) is 1. The van der Waals surface area contributed by atoms with E-state index in [0.29, 0.717) is 25.4 Å². The Morgan fingerprint density at radius 2 is 2.12 bits per heavy atom. The molecule has 0 atom stereocenters. The topological polar surface area (TPSA) is 60.5 Å². The number of carbonyl (C=O) groups excluding carboxylic acids is 1. The average molecular weight is 325 g/mol. The lowest BCUT2D eigenvalue weighted by Gasteiger charge is -2.42. The molecule has 4 heterocycles. The van der Waals surface area contributed by atoms with E-state index in [9.17, 15) is 4.79 Å². The van der Waals surface area contributed by atoms with Crippen LogP contribution < -0.4 is 10.9 Å². The Morgan fingerprint density at radius 3 is 2.88 bits per heavy atom. The number of fused-ring (bicyclic) bond motifs is 1. The molecule has 1 fully saturated rings. The fraction of sp³-hybridized carbons (Fsp3) is 0.444. The molecule has 6 nitrogen and oxygen atoms in total. The molecule has 0 radical (unpaired) electrons. The van der Waals surface area contributed by atoms with Gasteiger partial charge in [0, 0.05) is 50.1 Å². The molecule has 0 bridgehead atoms. The van der Waals surface area contributed by atoms with Crippen LogP contribution in [0.5, 0.6) is 0 Å². The Labute approximate surface area is 142 Å². The van der Waals surface area contributed by atoms with Gasteiger partial charge in [-0.15, -0.1) is 0 Å². The summed E-state index contributed by atoms with van der Waals surface area (Å²) in [4.78, 5) is 21.5. The molecule has 1 aromatic rings. The Morgan fingerprint density at radius 1 is 1.29 bits per heavy atom. The zero-order valence-corrected chi connectivity index (χ0v) is 14.2. The van der Waals surface area contributed by atoms with Gasteiger partial charge < -0.3 is 20.7 Å². The number of hydrazine groups is 1. The molecule has 4 rings (SSSR count). The quantitative estimate of drug-likeness (QED) is 0.878. The molecule has 0 aliphatic carbocycles. The van der Waals surface area contributed by atoms with Gasteiger partial charge in [-0.05, 0) is 37.1 Å². The number of aryl methyl sites for hydroxylation is 2. The molecule has 0 spiro atoms. The minimum atomic E-state index is 0.252. The van der Waals surface area contributed by atoms with E-state index >= 15 is 0 Å². The van der Waals surface area contributed by atoms with Crippen molar-refractivity contribution >= 4 is 5.91 Å². The zero-order valence-electron chi connectivity index (χ0n) is 14.2. The van der Waals surface area contributed by atoms with E-state index in [4.69, 9.17) is 0 Å². The Bertz CT molecular complexity index is 733. The highest BCUT2D eigenvalue weighted by molar-refractivity contribution is 5.77. The van der Waals surface area contributed by atoms with Gasteiger partial charge in [-0.25, -0.2) is 0 Å². The SMILES string of the molecule is Cc1cc(C)c2c(n1)CN(C(=O)CC1CN(C3=CNNC=C3)C1)C2. The van der Waals surface area contributed by atoms with Crippen molar-refractivity contribution in [2.45, 2.75) is 33.4 Å². The van der Waals surface area contributed by atoms with Crippen LogP contribution in [0.25, 0.3) is 0 Å². The number of aromatic nitrogens is 1. The van der Waals surface area contributed by atoms with E-state index in [1.807, 2.05) is 30.3 Å². The lowest BCUT2D eigenvalue weighted by atomic mass is 9.95. The molecule has 1 amide bonds. The van der Waals surface area contributed by atoms with Gasteiger partial charge in [-0.2, -0.15) is 0 Å². The van der Waals surface area contributed by atoms with Gasteiger partial charge >= 0.3 is 0 Å². The summed E-state index contributed by atoms with van der Waals surface area (Å²) >= 11 is 0. The van der Waals surface area contributed by atoms with Crippen molar-refractivity contribution in [2.75, 3.05) is 13.1 Å². The second kappa shape index (κ2) is 5.85. The molecule has 3 aliphatic rings. The smallest absolute Gasteiger partial charge is 0.223 e. The minimum absolute atomic E-state index is 0.252. The maximum Gasteiger partial charge on any atom is 0.223 e. The molecule has 2 N–H and O–H groups in total. The summed E-state index contributed by atoms with van der Waals surface area (Å²) in [6.07, 6.45) is 6.51. The number of nitrogens with one attached hydrogen (secondary N) is 2. The highest BCUT2D eigenvalue weighted by Gasteiger charge is 2.33. The number of hydrogen-bond acceptors (Lipinski definition) is 5. The molecule has 3 aliphatic heterocycles. The lowest BCUT2D eigenvalue weighted by Crippen LogP contribution is -2.48. The van der Waals surface area contributed by atoms with E-state index in [1.165, 1.54) is 16.8 Å². The van der Waals surface area contributed by atoms with Crippen molar-refractivity contribution in [3.8, 4) is 0 Å². The van der Waals surface area contributed by atoms with Crippen molar-refractivity contribution in [1.29, 1.82) is 0 Å². The summed E-state index contributed by atoms with van der Waals surface area (Å²) in [7, 11) is 0. The number of allylic oxidation sites excluding steroid dienone is 1. The third-order valence-electron chi connectivity index (χ3n) is 5.03. The monoisotopic (exact) mass is 325 g/mol. The maximum absolute atomic E-state index is 12.6. The van der Waals surface area contributed by atoms with Crippen molar-refractivity contribution in [3.63, 3.8) is 0 Å². The highest BCUT2D eigenvalue weighted by atomic mass is 16.2. The molecule has 24 heavy (non-hydrogen) atoms. The van der Waals surface area contributed by atoms with Gasteiger partial charge in [0.2, 0.25) is 5.91 Å². The average Bonchev–Trinajstić information content (AvgIpc) is 2.95. The van der Waals surface area contributed by atoms with Gasteiger partial charge in [0.05, 0.1) is 17.9 Å². The standard InChI is InChI=1S/C18H23N5O/c1-12-5-13(2)21-17-11-23(10-16(12)17)18(24)6-14-8-22(9-14)15-3-4-19-20-7-15/h3-5,7,14,19-20H,6,8-11H2,1-2H3. The Kier molecular flexibility index (Phi) is 3.67. The zero-order chi connectivity index (χ0) is 16.7. The number of pyridine rings is 1. The predicted octanol–water partition coefficient (Wildman–Crippen LogP) is 1.33. The molecule has 0 unspecified atom stereocenters. The van der Waals surface area contributed by atoms with Crippen LogP contribution in [0.3, 0.4) is 0 Å². The molecule has 1 aromatic heterocycles. The lowest BCUT2D eigenvalue weighted by molar-refractivity contribution is -0.134. The molecular formula is C18H23N5O. The normalized spacial score (nSPS) is 19.3. The van der Waals surface area contributed by atoms with Gasteiger partial charge in [0.15, 0.2) is 0 Å². The largest absolute Gasteiger partial charge is 0.370 e. The van der Waals surface area contributed by atoms with Gasteiger partial charge in [-0.3, -0.25) is 9.78 Å². The molecule has 0 saturated carbocycles. The summed E-state index contributed by atoms with van der Waals surface area (Å²) in [5, 5.41) is 0. The molecule has 1 saturated heterocycles. The van der Waals surface area contributed by atoms with Crippen LogP contribution in [0.2, 0.25) is 0 Å². The molecule has 6 heteroatoms. The van der Waals surface area contributed by atoms with Crippen LogP contribution in [-0.4, -0.2) is 33.8 Å². The first kappa shape index (κ1) is 15.1. The fourth-order valence-corrected chi connectivity index (χ4v) is 3.71. The molecular weight excluding hydrogens is 302 g/mol. The van der Waals surface area contributed by atoms with E-state index in [-0.39, 0.29) is 5.91 Å². The van der Waals surface area contributed by atoms with Crippen LogP contribution in [0.1, 0.15) is 28.9 Å². The summed E-state index contributed by atoms with van der Waals surface area (Å²) in [5.74, 6) is 0.698. The number of rotatable bonds is 3. The summed E-state index contributed by atoms with van der Waals surface area (Å²) in [6.45, 7) is 7.39. The van der Waals surface area contributed by atoms with E-state index in [0.717, 1.165) is 24.5 Å². The third kappa shape index (κ3) is 2.72. The number of hydrogen-bond donors (Lipinski definition) is 2. The van der Waals surface area contributed by atoms with Gasteiger partial charge in [0.25, 0.3) is 0 Å². The van der Waals surface area contributed by atoms with Crippen LogP contribution in [-0.2, 0) is 17.9 Å². The van der Waals surface area contributed by atoms with Crippen molar-refractivity contribution in [2.24, 2.45) is 5.92 Å². The molecule has 0 aromatic carbocycles. The summed E-state index contributed by atoms with van der Waals surface area (Å²) in [6, 6.07) is 2.10. The highest BCUT2D eigenvalue weighted by Crippen LogP contribution is 2.29. The minimum Gasteiger partial charge on any atom is -0.370 e. The van der Waals surface area contributed by atoms with Crippen molar-refractivity contribution in [1.82, 2.24) is 25.6 Å². The maximum atomic E-state index is 12.6. The number of carbonyl (C=O) groups is 1. The van der Waals surface area contributed by atoms with E-state index in [1.54, 1.807) is 0 Å². The Hall–Kier alpha value is -2.50. The summed E-state index contributed by atoms with van der Waals surface area (Å²) < 4.78 is 0. The Balaban J connectivity index is 1.32. The first-order valence-electron chi connectivity index (χ1n) is 8.46. The third-order valence-corrected chi connectivity index (χ3v) is 5.03. The second-order valence-corrected chi connectivity index (χ2v) is 6.92. The first-order chi connectivity index (χ1) is 11.6. The van der Waals surface area contributed by atoms with Crippen LogP contribution in [0.4, 0.5) is 0 Å². The van der Waals surface area contributed by atoms with Gasteiger partial charge in [-0.1, -0.05) is 0 Å². The van der Waals surface area contributed by atoms with Gasteiger partial charge in [0.1, 0.15) is 0 Å².